The standard InChI is InChI=1S/C13H21NO2S/c1-5-14(6-2)17(15,16)13-9-7-8-12(10-13)11(3)4/h7-11H,5-6H2,1-4H3. The Hall–Kier alpha value is -0.870. The van der Waals surface area contributed by atoms with Gasteiger partial charge in [-0.1, -0.05) is 39.8 Å². The van der Waals surface area contributed by atoms with Crippen molar-refractivity contribution in [3.8, 4) is 0 Å². The van der Waals surface area contributed by atoms with Crippen molar-refractivity contribution >= 4 is 10.0 Å². The average Bonchev–Trinajstić information content (AvgIpc) is 2.30. The Balaban J connectivity index is 3.19. The number of rotatable bonds is 5. The van der Waals surface area contributed by atoms with E-state index in [-0.39, 0.29) is 0 Å². The molecule has 1 rings (SSSR count). The summed E-state index contributed by atoms with van der Waals surface area (Å²) in [5.41, 5.74) is 1.05. The number of sulfonamides is 1. The highest BCUT2D eigenvalue weighted by molar-refractivity contribution is 7.89. The molecule has 0 fully saturated rings. The molecule has 0 saturated heterocycles. The van der Waals surface area contributed by atoms with Gasteiger partial charge < -0.3 is 0 Å². The van der Waals surface area contributed by atoms with Crippen LogP contribution in [0.5, 0.6) is 0 Å². The minimum absolute atomic E-state index is 0.335. The van der Waals surface area contributed by atoms with Crippen LogP contribution < -0.4 is 0 Å². The summed E-state index contributed by atoms with van der Waals surface area (Å²) in [6.07, 6.45) is 0. The first kappa shape index (κ1) is 14.2. The summed E-state index contributed by atoms with van der Waals surface area (Å²) in [4.78, 5) is 0.396. The number of benzene rings is 1. The predicted octanol–water partition coefficient (Wildman–Crippen LogP) is 2.84. The van der Waals surface area contributed by atoms with Crippen molar-refractivity contribution < 1.29 is 8.42 Å². The summed E-state index contributed by atoms with van der Waals surface area (Å²) in [5, 5.41) is 0. The third kappa shape index (κ3) is 3.07. The van der Waals surface area contributed by atoms with Crippen LogP contribution in [-0.4, -0.2) is 25.8 Å². The normalized spacial score (nSPS) is 12.4. The first-order valence-electron chi connectivity index (χ1n) is 6.03. The van der Waals surface area contributed by atoms with E-state index in [0.717, 1.165) is 5.56 Å². The van der Waals surface area contributed by atoms with Gasteiger partial charge in [-0.3, -0.25) is 0 Å². The zero-order valence-corrected chi connectivity index (χ0v) is 11.8. The van der Waals surface area contributed by atoms with Crippen LogP contribution in [0.25, 0.3) is 0 Å². The van der Waals surface area contributed by atoms with Gasteiger partial charge in [-0.25, -0.2) is 8.42 Å². The van der Waals surface area contributed by atoms with Gasteiger partial charge in [0.1, 0.15) is 0 Å². The molecule has 3 nitrogen and oxygen atoms in total. The fraction of sp³-hybridized carbons (Fsp3) is 0.538. The van der Waals surface area contributed by atoms with Crippen molar-refractivity contribution in [1.82, 2.24) is 4.31 Å². The molecular formula is C13H21NO2S. The second-order valence-electron chi connectivity index (χ2n) is 4.32. The molecule has 0 aliphatic rings. The maximum Gasteiger partial charge on any atom is 0.243 e. The van der Waals surface area contributed by atoms with Gasteiger partial charge in [0, 0.05) is 13.1 Å². The average molecular weight is 255 g/mol. The van der Waals surface area contributed by atoms with E-state index in [1.54, 1.807) is 12.1 Å². The molecule has 1 aromatic rings. The van der Waals surface area contributed by atoms with Crippen LogP contribution in [0.4, 0.5) is 0 Å². The maximum absolute atomic E-state index is 12.3. The van der Waals surface area contributed by atoms with Crippen molar-refractivity contribution in [2.24, 2.45) is 0 Å². The molecule has 0 atom stereocenters. The van der Waals surface area contributed by atoms with Gasteiger partial charge >= 0.3 is 0 Å². The van der Waals surface area contributed by atoms with E-state index in [1.165, 1.54) is 4.31 Å². The Morgan fingerprint density at radius 1 is 1.18 bits per heavy atom. The molecule has 0 amide bonds. The van der Waals surface area contributed by atoms with Crippen molar-refractivity contribution in [2.45, 2.75) is 38.5 Å². The van der Waals surface area contributed by atoms with Crippen LogP contribution in [0.3, 0.4) is 0 Å². The van der Waals surface area contributed by atoms with Gasteiger partial charge in [0.2, 0.25) is 10.0 Å². The molecule has 96 valence electrons. The molecule has 0 aromatic heterocycles. The highest BCUT2D eigenvalue weighted by Crippen LogP contribution is 2.21. The SMILES string of the molecule is CCN(CC)S(=O)(=O)c1cccc(C(C)C)c1. The smallest absolute Gasteiger partial charge is 0.207 e. The van der Waals surface area contributed by atoms with Crippen LogP contribution in [-0.2, 0) is 10.0 Å². The highest BCUT2D eigenvalue weighted by atomic mass is 32.2. The molecular weight excluding hydrogens is 234 g/mol. The molecule has 0 saturated carbocycles. The highest BCUT2D eigenvalue weighted by Gasteiger charge is 2.21. The maximum atomic E-state index is 12.3. The topological polar surface area (TPSA) is 37.4 Å². The second-order valence-corrected chi connectivity index (χ2v) is 6.25. The first-order valence-corrected chi connectivity index (χ1v) is 7.47. The third-order valence-electron chi connectivity index (χ3n) is 2.87. The molecule has 17 heavy (non-hydrogen) atoms. The van der Waals surface area contributed by atoms with E-state index >= 15 is 0 Å². The number of nitrogens with zero attached hydrogens (tertiary/aromatic N) is 1. The molecule has 0 unspecified atom stereocenters. The van der Waals surface area contributed by atoms with Gasteiger partial charge in [-0.15, -0.1) is 0 Å². The quantitative estimate of drug-likeness (QED) is 0.811. The largest absolute Gasteiger partial charge is 0.243 e. The second kappa shape index (κ2) is 5.65. The van der Waals surface area contributed by atoms with E-state index in [0.29, 0.717) is 23.9 Å². The van der Waals surface area contributed by atoms with Gasteiger partial charge in [0.15, 0.2) is 0 Å². The lowest BCUT2D eigenvalue weighted by atomic mass is 10.0. The van der Waals surface area contributed by atoms with Gasteiger partial charge in [0.05, 0.1) is 4.90 Å². The summed E-state index contributed by atoms with van der Waals surface area (Å²) < 4.78 is 26.1. The number of hydrogen-bond acceptors (Lipinski definition) is 2. The fourth-order valence-corrected chi connectivity index (χ4v) is 3.26. The Morgan fingerprint density at radius 3 is 2.24 bits per heavy atom. The minimum Gasteiger partial charge on any atom is -0.207 e. The van der Waals surface area contributed by atoms with Crippen LogP contribution in [0.15, 0.2) is 29.2 Å². The molecule has 0 heterocycles. The summed E-state index contributed by atoms with van der Waals surface area (Å²) >= 11 is 0. The Bertz CT molecular complexity index is 462. The van der Waals surface area contributed by atoms with E-state index in [4.69, 9.17) is 0 Å². The lowest BCUT2D eigenvalue weighted by Gasteiger charge is -2.19. The number of hydrogen-bond donors (Lipinski definition) is 0. The molecule has 0 radical (unpaired) electrons. The van der Waals surface area contributed by atoms with Crippen LogP contribution in [0, 0.1) is 0 Å². The molecule has 0 aliphatic carbocycles. The van der Waals surface area contributed by atoms with Crippen LogP contribution in [0.2, 0.25) is 0 Å². The van der Waals surface area contributed by atoms with E-state index in [1.807, 2.05) is 26.0 Å². The Morgan fingerprint density at radius 2 is 1.76 bits per heavy atom. The van der Waals surface area contributed by atoms with Gasteiger partial charge in [0.25, 0.3) is 0 Å². The van der Waals surface area contributed by atoms with Crippen molar-refractivity contribution in [3.05, 3.63) is 29.8 Å². The van der Waals surface area contributed by atoms with Gasteiger partial charge in [-0.2, -0.15) is 4.31 Å². The van der Waals surface area contributed by atoms with Crippen LogP contribution >= 0.6 is 0 Å². The monoisotopic (exact) mass is 255 g/mol. The minimum atomic E-state index is -3.32. The van der Waals surface area contributed by atoms with Crippen molar-refractivity contribution in [1.29, 1.82) is 0 Å². The molecule has 0 bridgehead atoms. The van der Waals surface area contributed by atoms with E-state index in [2.05, 4.69) is 13.8 Å². The van der Waals surface area contributed by atoms with Crippen molar-refractivity contribution in [3.63, 3.8) is 0 Å². The predicted molar refractivity (Wildman–Crippen MR) is 70.6 cm³/mol. The van der Waals surface area contributed by atoms with E-state index < -0.39 is 10.0 Å². The first-order chi connectivity index (χ1) is 7.93. The lowest BCUT2D eigenvalue weighted by molar-refractivity contribution is 0.445. The summed E-state index contributed by atoms with van der Waals surface area (Å²) in [7, 11) is -3.32. The Labute approximate surface area is 105 Å². The zero-order valence-electron chi connectivity index (χ0n) is 11.0. The summed E-state index contributed by atoms with van der Waals surface area (Å²) in [5.74, 6) is 0.335. The molecule has 1 aromatic carbocycles. The molecule has 4 heteroatoms. The molecule has 0 spiro atoms. The fourth-order valence-electron chi connectivity index (χ4n) is 1.75. The lowest BCUT2D eigenvalue weighted by Crippen LogP contribution is -2.30. The van der Waals surface area contributed by atoms with Gasteiger partial charge in [-0.05, 0) is 23.6 Å². The van der Waals surface area contributed by atoms with Crippen molar-refractivity contribution in [2.75, 3.05) is 13.1 Å². The molecule has 0 aliphatic heterocycles. The van der Waals surface area contributed by atoms with E-state index in [9.17, 15) is 8.42 Å². The van der Waals surface area contributed by atoms with Crippen LogP contribution in [0.1, 0.15) is 39.2 Å². The zero-order chi connectivity index (χ0) is 13.1. The summed E-state index contributed by atoms with van der Waals surface area (Å²) in [6.45, 7) is 8.84. The summed E-state index contributed by atoms with van der Waals surface area (Å²) in [6, 6.07) is 7.22. The molecule has 0 N–H and O–H groups in total. The Kier molecular flexibility index (Phi) is 4.71. The third-order valence-corrected chi connectivity index (χ3v) is 4.91.